The highest BCUT2D eigenvalue weighted by atomic mass is 16.5. The molecule has 110 valence electrons. The van der Waals surface area contributed by atoms with Crippen LogP contribution < -0.4 is 4.74 Å². The van der Waals surface area contributed by atoms with Gasteiger partial charge in [-0.05, 0) is 43.5 Å². The normalized spacial score (nSPS) is 10.4. The summed E-state index contributed by atoms with van der Waals surface area (Å²) in [7, 11) is 0. The Morgan fingerprint density at radius 3 is 2.38 bits per heavy atom. The Hall–Kier alpha value is -2.09. The third kappa shape index (κ3) is 4.19. The number of hydrogen-bond donors (Lipinski definition) is 0. The summed E-state index contributed by atoms with van der Waals surface area (Å²) in [6, 6.07) is 13.8. The standard InChI is InChI=1S/C19H22O2/c1-4-5-16-7-9-17(10-8-16)21-13-19(20)18-11-6-14(2)12-15(18)3/h6-12H,4-5,13H2,1-3H3. The molecule has 21 heavy (non-hydrogen) atoms. The van der Waals surface area contributed by atoms with E-state index in [0.717, 1.165) is 35.3 Å². The Bertz CT molecular complexity index is 612. The predicted molar refractivity (Wildman–Crippen MR) is 86.2 cm³/mol. The average Bonchev–Trinajstić information content (AvgIpc) is 2.46. The van der Waals surface area contributed by atoms with E-state index in [-0.39, 0.29) is 12.4 Å². The first kappa shape index (κ1) is 15.3. The molecule has 0 aromatic heterocycles. The van der Waals surface area contributed by atoms with E-state index in [1.165, 1.54) is 5.56 Å². The first-order chi connectivity index (χ1) is 10.1. The fraction of sp³-hybridized carbons (Fsp3) is 0.316. The van der Waals surface area contributed by atoms with Crippen LogP contribution in [0.3, 0.4) is 0 Å². The summed E-state index contributed by atoms with van der Waals surface area (Å²) in [6.45, 7) is 6.22. The monoisotopic (exact) mass is 282 g/mol. The van der Waals surface area contributed by atoms with Crippen molar-refractivity contribution in [1.82, 2.24) is 0 Å². The van der Waals surface area contributed by atoms with Gasteiger partial charge in [0.15, 0.2) is 12.4 Å². The summed E-state index contributed by atoms with van der Waals surface area (Å²) < 4.78 is 5.59. The number of Topliss-reactive ketones (excluding diaryl/α,β-unsaturated/α-hetero) is 1. The van der Waals surface area contributed by atoms with Crippen molar-refractivity contribution in [1.29, 1.82) is 0 Å². The molecule has 0 radical (unpaired) electrons. The second kappa shape index (κ2) is 7.07. The van der Waals surface area contributed by atoms with E-state index in [9.17, 15) is 4.79 Å². The smallest absolute Gasteiger partial charge is 0.200 e. The first-order valence-corrected chi connectivity index (χ1v) is 7.42. The fourth-order valence-corrected chi connectivity index (χ4v) is 2.39. The van der Waals surface area contributed by atoms with Gasteiger partial charge in [-0.1, -0.05) is 49.2 Å². The third-order valence-corrected chi connectivity index (χ3v) is 3.51. The summed E-state index contributed by atoms with van der Waals surface area (Å²) in [5, 5.41) is 0. The van der Waals surface area contributed by atoms with E-state index in [1.54, 1.807) is 0 Å². The summed E-state index contributed by atoms with van der Waals surface area (Å²) >= 11 is 0. The number of carbonyl (C=O) groups excluding carboxylic acids is 1. The highest BCUT2D eigenvalue weighted by molar-refractivity contribution is 5.98. The van der Waals surface area contributed by atoms with Gasteiger partial charge in [0.2, 0.25) is 0 Å². The lowest BCUT2D eigenvalue weighted by atomic mass is 10.0. The molecule has 0 unspecified atom stereocenters. The van der Waals surface area contributed by atoms with Crippen molar-refractivity contribution in [3.63, 3.8) is 0 Å². The van der Waals surface area contributed by atoms with E-state index in [4.69, 9.17) is 4.74 Å². The van der Waals surface area contributed by atoms with Crippen LogP contribution in [0, 0.1) is 13.8 Å². The van der Waals surface area contributed by atoms with Crippen molar-refractivity contribution in [2.24, 2.45) is 0 Å². The van der Waals surface area contributed by atoms with E-state index < -0.39 is 0 Å². The number of ketones is 1. The number of ether oxygens (including phenoxy) is 1. The lowest BCUT2D eigenvalue weighted by Crippen LogP contribution is -2.13. The zero-order valence-electron chi connectivity index (χ0n) is 13.0. The fourth-order valence-electron chi connectivity index (χ4n) is 2.39. The van der Waals surface area contributed by atoms with Crippen LogP contribution in [-0.2, 0) is 6.42 Å². The quantitative estimate of drug-likeness (QED) is 0.728. The van der Waals surface area contributed by atoms with Gasteiger partial charge >= 0.3 is 0 Å². The van der Waals surface area contributed by atoms with Gasteiger partial charge in [-0.2, -0.15) is 0 Å². The molecule has 0 saturated carbocycles. The minimum Gasteiger partial charge on any atom is -0.485 e. The van der Waals surface area contributed by atoms with Crippen LogP contribution in [0.25, 0.3) is 0 Å². The van der Waals surface area contributed by atoms with Crippen LogP contribution in [0.5, 0.6) is 5.75 Å². The van der Waals surface area contributed by atoms with Gasteiger partial charge in [0.05, 0.1) is 0 Å². The van der Waals surface area contributed by atoms with Crippen LogP contribution in [0.1, 0.15) is 40.4 Å². The van der Waals surface area contributed by atoms with Gasteiger partial charge in [-0.3, -0.25) is 4.79 Å². The number of aryl methyl sites for hydroxylation is 3. The molecule has 0 fully saturated rings. The maximum atomic E-state index is 12.2. The molecule has 2 aromatic carbocycles. The summed E-state index contributed by atoms with van der Waals surface area (Å²) in [5.74, 6) is 0.762. The molecule has 2 nitrogen and oxygen atoms in total. The van der Waals surface area contributed by atoms with E-state index in [0.29, 0.717) is 0 Å². The molecule has 0 heterocycles. The zero-order chi connectivity index (χ0) is 15.2. The van der Waals surface area contributed by atoms with Crippen LogP contribution in [0.2, 0.25) is 0 Å². The SMILES string of the molecule is CCCc1ccc(OCC(=O)c2ccc(C)cc2C)cc1. The molecule has 2 heteroatoms. The molecular formula is C19H22O2. The van der Waals surface area contributed by atoms with Gasteiger partial charge < -0.3 is 4.74 Å². The van der Waals surface area contributed by atoms with Crippen molar-refractivity contribution in [2.75, 3.05) is 6.61 Å². The summed E-state index contributed by atoms with van der Waals surface area (Å²) in [6.07, 6.45) is 2.20. The maximum Gasteiger partial charge on any atom is 0.200 e. The van der Waals surface area contributed by atoms with Crippen molar-refractivity contribution >= 4 is 5.78 Å². The first-order valence-electron chi connectivity index (χ1n) is 7.42. The second-order valence-electron chi connectivity index (χ2n) is 5.42. The molecule has 0 atom stereocenters. The molecule has 0 N–H and O–H groups in total. The van der Waals surface area contributed by atoms with Crippen molar-refractivity contribution in [2.45, 2.75) is 33.6 Å². The van der Waals surface area contributed by atoms with E-state index in [2.05, 4.69) is 19.1 Å². The van der Waals surface area contributed by atoms with Gasteiger partial charge in [-0.15, -0.1) is 0 Å². The topological polar surface area (TPSA) is 26.3 Å². The van der Waals surface area contributed by atoms with Crippen LogP contribution >= 0.6 is 0 Å². The Labute approximate surface area is 126 Å². The zero-order valence-corrected chi connectivity index (χ0v) is 13.0. The third-order valence-electron chi connectivity index (χ3n) is 3.51. The minimum absolute atomic E-state index is 0.0186. The van der Waals surface area contributed by atoms with Crippen LogP contribution in [0.4, 0.5) is 0 Å². The van der Waals surface area contributed by atoms with Crippen molar-refractivity contribution in [3.05, 3.63) is 64.7 Å². The Morgan fingerprint density at radius 2 is 1.76 bits per heavy atom. The molecule has 0 saturated heterocycles. The number of hydrogen-bond acceptors (Lipinski definition) is 2. The average molecular weight is 282 g/mol. The van der Waals surface area contributed by atoms with Crippen molar-refractivity contribution in [3.8, 4) is 5.75 Å². The Kier molecular flexibility index (Phi) is 5.15. The highest BCUT2D eigenvalue weighted by Crippen LogP contribution is 2.15. The summed E-state index contributed by atoms with van der Waals surface area (Å²) in [4.78, 5) is 12.2. The molecule has 0 spiro atoms. The predicted octanol–water partition coefficient (Wildman–Crippen LogP) is 4.52. The molecule has 0 aliphatic rings. The van der Waals surface area contributed by atoms with Gasteiger partial charge in [-0.25, -0.2) is 0 Å². The molecular weight excluding hydrogens is 260 g/mol. The van der Waals surface area contributed by atoms with Crippen LogP contribution in [-0.4, -0.2) is 12.4 Å². The highest BCUT2D eigenvalue weighted by Gasteiger charge is 2.10. The number of benzene rings is 2. The summed E-state index contributed by atoms with van der Waals surface area (Å²) in [5.41, 5.74) is 4.20. The lowest BCUT2D eigenvalue weighted by molar-refractivity contribution is 0.0921. The molecule has 2 rings (SSSR count). The van der Waals surface area contributed by atoms with Crippen molar-refractivity contribution < 1.29 is 9.53 Å². The molecule has 0 bridgehead atoms. The number of carbonyl (C=O) groups is 1. The van der Waals surface area contributed by atoms with Gasteiger partial charge in [0.25, 0.3) is 0 Å². The number of rotatable bonds is 6. The lowest BCUT2D eigenvalue weighted by Gasteiger charge is -2.09. The molecule has 2 aromatic rings. The molecule has 0 aliphatic carbocycles. The van der Waals surface area contributed by atoms with Gasteiger partial charge in [0, 0.05) is 5.56 Å². The maximum absolute atomic E-state index is 12.2. The van der Waals surface area contributed by atoms with E-state index in [1.807, 2.05) is 44.2 Å². The largest absolute Gasteiger partial charge is 0.485 e. The Balaban J connectivity index is 1.97. The van der Waals surface area contributed by atoms with Gasteiger partial charge in [0.1, 0.15) is 5.75 Å². The second-order valence-corrected chi connectivity index (χ2v) is 5.42. The minimum atomic E-state index is 0.0186. The Morgan fingerprint density at radius 1 is 1.05 bits per heavy atom. The van der Waals surface area contributed by atoms with Crippen LogP contribution in [0.15, 0.2) is 42.5 Å². The van der Waals surface area contributed by atoms with E-state index >= 15 is 0 Å². The molecule has 0 amide bonds. The molecule has 0 aliphatic heterocycles.